The fourth-order valence-electron chi connectivity index (χ4n) is 7.93. The number of rotatable bonds is 40. The molecule has 2 atom stereocenters. The molecule has 2 amide bonds. The number of benzene rings is 2. The number of aliphatic carboxylic acids is 2. The normalized spacial score (nSPS) is 11.7. The predicted molar refractivity (Wildman–Crippen MR) is 253 cm³/mol. The molecule has 63 heavy (non-hydrogen) atoms. The maximum atomic E-state index is 12.1. The summed E-state index contributed by atoms with van der Waals surface area (Å²) in [6.07, 6.45) is 39.8. The molecule has 0 aliphatic rings. The van der Waals surface area contributed by atoms with Crippen molar-refractivity contribution < 1.29 is 48.9 Å². The van der Waals surface area contributed by atoms with Crippen LogP contribution in [0.4, 0.5) is 0 Å². The molecule has 2 aromatic rings. The van der Waals surface area contributed by atoms with Crippen LogP contribution in [0.3, 0.4) is 0 Å². The van der Waals surface area contributed by atoms with E-state index >= 15 is 0 Å². The van der Waals surface area contributed by atoms with Gasteiger partial charge in [-0.3, -0.25) is 9.59 Å². The van der Waals surface area contributed by atoms with E-state index in [9.17, 15) is 29.4 Å². The van der Waals surface area contributed by atoms with Gasteiger partial charge in [-0.1, -0.05) is 254 Å². The van der Waals surface area contributed by atoms with Gasteiger partial charge in [-0.25, -0.2) is 0 Å². The third-order valence-electron chi connectivity index (χ3n) is 11.8. The smallest absolute Gasteiger partial charge is 0.548 e. The summed E-state index contributed by atoms with van der Waals surface area (Å²) in [6.45, 7) is 4.53. The number of unbranched alkanes of at least 4 members (excludes halogenated alkanes) is 28. The average molecular weight is 927 g/mol. The van der Waals surface area contributed by atoms with Gasteiger partial charge in [-0.15, -0.1) is 0 Å². The maximum Gasteiger partial charge on any atom is 2.00 e. The summed E-state index contributed by atoms with van der Waals surface area (Å²) >= 11 is 0. The Labute approximate surface area is 397 Å². The van der Waals surface area contributed by atoms with Crippen molar-refractivity contribution in [1.82, 2.24) is 10.6 Å². The Morgan fingerprint density at radius 2 is 0.603 bits per heavy atom. The second-order valence-corrected chi connectivity index (χ2v) is 17.7. The minimum Gasteiger partial charge on any atom is -0.548 e. The van der Waals surface area contributed by atoms with Gasteiger partial charge in [0.2, 0.25) is 11.8 Å². The molecular formula is C54H88N2O6Zn. The van der Waals surface area contributed by atoms with E-state index in [0.29, 0.717) is 12.8 Å². The molecule has 0 spiro atoms. The van der Waals surface area contributed by atoms with Crippen molar-refractivity contribution >= 4 is 23.8 Å². The standard InChI is InChI=1S/2C27H45NO3.Zn/c2*1-2-3-4-5-6-7-8-9-10-11-12-13-14-15-19-22-26(29)28-25(27(30)31)23-24-20-17-16-18-21-24;/h2*16-18,20-21,25H,2-15,19,22-23H2,1H3,(H,28,29)(H,30,31);/q;;+2/p-2. The van der Waals surface area contributed by atoms with Crippen molar-refractivity contribution in [2.75, 3.05) is 0 Å². The molecular weight excluding hydrogens is 838 g/mol. The van der Waals surface area contributed by atoms with Crippen LogP contribution in [0.2, 0.25) is 0 Å². The molecule has 8 nitrogen and oxygen atoms in total. The van der Waals surface area contributed by atoms with E-state index in [0.717, 1.165) is 49.7 Å². The Bertz CT molecular complexity index is 1260. The van der Waals surface area contributed by atoms with E-state index in [1.165, 1.54) is 154 Å². The monoisotopic (exact) mass is 925 g/mol. The Kier molecular flexibility index (Phi) is 42.0. The van der Waals surface area contributed by atoms with Gasteiger partial charge in [0, 0.05) is 12.8 Å². The number of carbonyl (C=O) groups is 4. The maximum absolute atomic E-state index is 12.1. The summed E-state index contributed by atoms with van der Waals surface area (Å²) in [5, 5.41) is 27.9. The number of nitrogens with one attached hydrogen (secondary N) is 2. The van der Waals surface area contributed by atoms with Gasteiger partial charge < -0.3 is 30.4 Å². The van der Waals surface area contributed by atoms with Gasteiger partial charge >= 0.3 is 19.5 Å². The third-order valence-corrected chi connectivity index (χ3v) is 11.8. The first-order chi connectivity index (χ1) is 30.3. The van der Waals surface area contributed by atoms with Crippen molar-refractivity contribution in [3.8, 4) is 0 Å². The number of carboxylic acid groups (broad SMARTS) is 2. The third kappa shape index (κ3) is 38.0. The number of carboxylic acids is 2. The topological polar surface area (TPSA) is 138 Å². The molecule has 0 radical (unpaired) electrons. The summed E-state index contributed by atoms with van der Waals surface area (Å²) < 4.78 is 0. The summed E-state index contributed by atoms with van der Waals surface area (Å²) in [5.74, 6) is -2.85. The fourth-order valence-corrected chi connectivity index (χ4v) is 7.93. The number of amides is 2. The first kappa shape index (κ1) is 59.9. The van der Waals surface area contributed by atoms with Gasteiger partial charge in [0.25, 0.3) is 0 Å². The zero-order chi connectivity index (χ0) is 45.1. The van der Waals surface area contributed by atoms with Gasteiger partial charge in [-0.05, 0) is 36.8 Å². The molecule has 2 aromatic carbocycles. The first-order valence-corrected chi connectivity index (χ1v) is 25.3. The van der Waals surface area contributed by atoms with Gasteiger partial charge in [0.05, 0.1) is 24.0 Å². The van der Waals surface area contributed by atoms with Crippen LogP contribution in [0, 0.1) is 0 Å². The van der Waals surface area contributed by atoms with Crippen molar-refractivity contribution in [2.24, 2.45) is 0 Å². The van der Waals surface area contributed by atoms with Crippen LogP contribution < -0.4 is 20.8 Å². The van der Waals surface area contributed by atoms with E-state index in [1.807, 2.05) is 60.7 Å². The molecule has 0 aliphatic carbocycles. The van der Waals surface area contributed by atoms with Crippen molar-refractivity contribution in [1.29, 1.82) is 0 Å². The van der Waals surface area contributed by atoms with Crippen LogP contribution in [-0.4, -0.2) is 35.8 Å². The molecule has 0 aliphatic heterocycles. The van der Waals surface area contributed by atoms with E-state index < -0.39 is 24.0 Å². The van der Waals surface area contributed by atoms with Crippen LogP contribution in [-0.2, 0) is 51.5 Å². The van der Waals surface area contributed by atoms with Crippen molar-refractivity contribution in [2.45, 2.75) is 244 Å². The predicted octanol–water partition coefficient (Wildman–Crippen LogP) is 11.4. The van der Waals surface area contributed by atoms with Crippen LogP contribution >= 0.6 is 0 Å². The minimum absolute atomic E-state index is 0. The summed E-state index contributed by atoms with van der Waals surface area (Å²) in [5.41, 5.74) is 1.76. The van der Waals surface area contributed by atoms with Gasteiger partial charge in [-0.2, -0.15) is 0 Å². The van der Waals surface area contributed by atoms with E-state index in [4.69, 9.17) is 0 Å². The van der Waals surface area contributed by atoms with Crippen LogP contribution in [0.15, 0.2) is 60.7 Å². The summed E-state index contributed by atoms with van der Waals surface area (Å²) in [4.78, 5) is 46.8. The van der Waals surface area contributed by atoms with Crippen LogP contribution in [0.5, 0.6) is 0 Å². The fraction of sp³-hybridized carbons (Fsp3) is 0.704. The molecule has 0 fully saturated rings. The van der Waals surface area contributed by atoms with Gasteiger partial charge in [0.1, 0.15) is 0 Å². The molecule has 0 aromatic heterocycles. The van der Waals surface area contributed by atoms with E-state index in [2.05, 4.69) is 24.5 Å². The van der Waals surface area contributed by atoms with Gasteiger partial charge in [0.15, 0.2) is 0 Å². The number of carbonyl (C=O) groups excluding carboxylic acids is 4. The molecule has 9 heteroatoms. The molecule has 2 unspecified atom stereocenters. The molecule has 0 heterocycles. The number of hydrogen-bond donors (Lipinski definition) is 2. The van der Waals surface area contributed by atoms with Crippen LogP contribution in [0.1, 0.15) is 230 Å². The minimum atomic E-state index is -1.23. The van der Waals surface area contributed by atoms with E-state index in [1.54, 1.807) is 0 Å². The molecule has 352 valence electrons. The molecule has 0 saturated heterocycles. The second-order valence-electron chi connectivity index (χ2n) is 17.7. The zero-order valence-electron chi connectivity index (χ0n) is 40.1. The quantitative estimate of drug-likeness (QED) is 0.0504. The van der Waals surface area contributed by atoms with E-state index in [-0.39, 0.29) is 44.1 Å². The Morgan fingerprint density at radius 1 is 0.381 bits per heavy atom. The second kappa shape index (κ2) is 44.2. The zero-order valence-corrected chi connectivity index (χ0v) is 43.1. The molecule has 2 N–H and O–H groups in total. The average Bonchev–Trinajstić information content (AvgIpc) is 3.26. The summed E-state index contributed by atoms with van der Waals surface area (Å²) in [7, 11) is 0. The Balaban J connectivity index is 0.00000120. The van der Waals surface area contributed by atoms with Crippen molar-refractivity contribution in [3.05, 3.63) is 71.8 Å². The van der Waals surface area contributed by atoms with Crippen LogP contribution in [0.25, 0.3) is 0 Å². The summed E-state index contributed by atoms with van der Waals surface area (Å²) in [6, 6.07) is 16.7. The molecule has 0 saturated carbocycles. The largest absolute Gasteiger partial charge is 2.00 e. The van der Waals surface area contributed by atoms with Crippen molar-refractivity contribution in [3.63, 3.8) is 0 Å². The molecule has 2 rings (SSSR count). The number of hydrogen-bond acceptors (Lipinski definition) is 6. The molecule has 0 bridgehead atoms. The Morgan fingerprint density at radius 3 is 0.825 bits per heavy atom. The SMILES string of the molecule is CCCCCCCCCCCCCCCCCC(=O)NC(Cc1ccccc1)C(=O)[O-].CCCCCCCCCCCCCCCCCC(=O)NC(Cc1ccccc1)C(=O)[O-].[Zn+2]. The Hall–Kier alpha value is -3.06. The first-order valence-electron chi connectivity index (χ1n) is 25.3.